The second kappa shape index (κ2) is 5.28. The Hall–Kier alpha value is -1.64. The Morgan fingerprint density at radius 2 is 1.81 bits per heavy atom. The molecule has 0 saturated carbocycles. The van der Waals surface area contributed by atoms with Gasteiger partial charge in [0.1, 0.15) is 0 Å². The molecule has 0 aliphatic heterocycles. The lowest BCUT2D eigenvalue weighted by Gasteiger charge is -2.34. The Balaban J connectivity index is 2.34. The number of nitrogens with one attached hydrogen (secondary N) is 1. The minimum atomic E-state index is -4.80. The Morgan fingerprint density at radius 3 is 2.24 bits per heavy atom. The number of hydrogen-bond acceptors (Lipinski definition) is 2. The van der Waals surface area contributed by atoms with Crippen LogP contribution >= 0.6 is 0 Å². The Kier molecular flexibility index (Phi) is 3.96. The number of hydrogen-bond donors (Lipinski definition) is 2. The maximum atomic E-state index is 13.2. The van der Waals surface area contributed by atoms with Crippen LogP contribution < -0.4 is 9.86 Å². The van der Waals surface area contributed by atoms with Crippen LogP contribution in [0.5, 0.6) is 0 Å². The molecular formula is C13H13F3N2O2S. The molecule has 0 heterocycles. The molecule has 0 bridgehead atoms. The van der Waals surface area contributed by atoms with Gasteiger partial charge in [0.05, 0.1) is 0 Å². The number of benzene rings is 1. The molecule has 1 aromatic rings. The Morgan fingerprint density at radius 1 is 1.19 bits per heavy atom. The summed E-state index contributed by atoms with van der Waals surface area (Å²) in [6.45, 7) is 0. The normalized spacial score (nSPS) is 23.0. The highest BCUT2D eigenvalue weighted by molar-refractivity contribution is 7.87. The van der Waals surface area contributed by atoms with Crippen molar-refractivity contribution in [2.24, 2.45) is 5.14 Å². The molecule has 4 nitrogen and oxygen atoms in total. The lowest BCUT2D eigenvalue weighted by atomic mass is 9.87. The van der Waals surface area contributed by atoms with Gasteiger partial charge in [0.2, 0.25) is 0 Å². The Bertz CT molecular complexity index is 681. The summed E-state index contributed by atoms with van der Waals surface area (Å²) < 4.78 is 63.1. The SMILES string of the molecule is NS(=O)(=O)N[C@]1(C(F)(F)F)C=CC(c2ccccc2)=CC1. The maximum Gasteiger partial charge on any atom is 0.411 e. The van der Waals surface area contributed by atoms with E-state index in [0.717, 1.165) is 11.6 Å². The molecule has 1 aliphatic carbocycles. The van der Waals surface area contributed by atoms with Gasteiger partial charge in [-0.3, -0.25) is 0 Å². The summed E-state index contributed by atoms with van der Waals surface area (Å²) in [4.78, 5) is 0. The van der Waals surface area contributed by atoms with E-state index in [-0.39, 0.29) is 0 Å². The van der Waals surface area contributed by atoms with Gasteiger partial charge in [0.25, 0.3) is 10.2 Å². The van der Waals surface area contributed by atoms with E-state index in [1.165, 1.54) is 16.9 Å². The van der Waals surface area contributed by atoms with E-state index in [2.05, 4.69) is 0 Å². The molecule has 0 saturated heterocycles. The number of nitrogens with two attached hydrogens (primary N) is 1. The zero-order valence-electron chi connectivity index (χ0n) is 10.8. The van der Waals surface area contributed by atoms with Crippen molar-refractivity contribution in [2.75, 3.05) is 0 Å². The third-order valence-corrected chi connectivity index (χ3v) is 3.78. The van der Waals surface area contributed by atoms with Gasteiger partial charge in [-0.05, 0) is 17.6 Å². The van der Waals surface area contributed by atoms with Crippen LogP contribution in [0.4, 0.5) is 13.2 Å². The lowest BCUT2D eigenvalue weighted by molar-refractivity contribution is -0.175. The van der Waals surface area contributed by atoms with Crippen LogP contribution in [0, 0.1) is 0 Å². The van der Waals surface area contributed by atoms with Gasteiger partial charge in [-0.2, -0.15) is 26.3 Å². The van der Waals surface area contributed by atoms with E-state index >= 15 is 0 Å². The first-order chi connectivity index (χ1) is 9.63. The number of allylic oxidation sites excluding steroid dienone is 2. The van der Waals surface area contributed by atoms with Crippen molar-refractivity contribution in [2.45, 2.75) is 18.1 Å². The van der Waals surface area contributed by atoms with Gasteiger partial charge >= 0.3 is 6.18 Å². The molecule has 8 heteroatoms. The maximum absolute atomic E-state index is 13.2. The van der Waals surface area contributed by atoms with Gasteiger partial charge in [-0.25, -0.2) is 5.14 Å². The molecule has 3 N–H and O–H groups in total. The van der Waals surface area contributed by atoms with E-state index in [0.29, 0.717) is 5.57 Å². The third-order valence-electron chi connectivity index (χ3n) is 3.13. The topological polar surface area (TPSA) is 72.2 Å². The molecule has 2 rings (SSSR count). The van der Waals surface area contributed by atoms with Gasteiger partial charge in [-0.15, -0.1) is 0 Å². The van der Waals surface area contributed by atoms with Gasteiger partial charge in [-0.1, -0.05) is 48.6 Å². The van der Waals surface area contributed by atoms with Crippen molar-refractivity contribution in [1.29, 1.82) is 0 Å². The highest BCUT2D eigenvalue weighted by Crippen LogP contribution is 2.39. The highest BCUT2D eigenvalue weighted by atomic mass is 32.2. The molecule has 1 aromatic carbocycles. The van der Waals surface area contributed by atoms with Crippen molar-refractivity contribution in [1.82, 2.24) is 4.72 Å². The summed E-state index contributed by atoms with van der Waals surface area (Å²) in [7, 11) is -4.50. The molecule has 114 valence electrons. The van der Waals surface area contributed by atoms with Crippen LogP contribution in [0.2, 0.25) is 0 Å². The fourth-order valence-corrected chi connectivity index (χ4v) is 2.86. The molecule has 0 spiro atoms. The third kappa shape index (κ3) is 3.52. The van der Waals surface area contributed by atoms with Crippen LogP contribution in [0.15, 0.2) is 48.6 Å². The molecule has 0 aromatic heterocycles. The van der Waals surface area contributed by atoms with Crippen LogP contribution in [-0.4, -0.2) is 20.1 Å². The minimum absolute atomic E-state index is 0.562. The van der Waals surface area contributed by atoms with Gasteiger partial charge < -0.3 is 0 Å². The fraction of sp³-hybridized carbons (Fsp3) is 0.231. The summed E-state index contributed by atoms with van der Waals surface area (Å²) in [6, 6.07) is 8.82. The molecular weight excluding hydrogens is 305 g/mol. The fourth-order valence-electron chi connectivity index (χ4n) is 2.08. The van der Waals surface area contributed by atoms with Crippen LogP contribution in [0.1, 0.15) is 12.0 Å². The van der Waals surface area contributed by atoms with Crippen molar-refractivity contribution >= 4 is 15.8 Å². The predicted octanol–water partition coefficient (Wildman–Crippen LogP) is 2.12. The number of rotatable bonds is 3. The zero-order valence-corrected chi connectivity index (χ0v) is 11.6. The standard InChI is InChI=1S/C13H13F3N2O2S/c14-13(15,16)12(18-21(17,19)20)8-6-11(7-9-12)10-4-2-1-3-5-10/h1-8,18H,9H2,(H2,17,19,20)/t12-/m1/s1. The monoisotopic (exact) mass is 318 g/mol. The molecule has 0 radical (unpaired) electrons. The largest absolute Gasteiger partial charge is 0.411 e. The average molecular weight is 318 g/mol. The minimum Gasteiger partial charge on any atom is -0.216 e. The van der Waals surface area contributed by atoms with E-state index in [1.54, 1.807) is 30.3 Å². The van der Waals surface area contributed by atoms with E-state index < -0.39 is 28.3 Å². The van der Waals surface area contributed by atoms with Gasteiger partial charge in [0.15, 0.2) is 5.54 Å². The van der Waals surface area contributed by atoms with Crippen LogP contribution in [-0.2, 0) is 10.2 Å². The van der Waals surface area contributed by atoms with Crippen molar-refractivity contribution < 1.29 is 21.6 Å². The second-order valence-corrected chi connectivity index (χ2v) is 5.97. The van der Waals surface area contributed by atoms with Gasteiger partial charge in [0, 0.05) is 0 Å². The number of alkyl halides is 3. The predicted molar refractivity (Wildman–Crippen MR) is 73.2 cm³/mol. The first kappa shape index (κ1) is 15.7. The summed E-state index contributed by atoms with van der Waals surface area (Å²) >= 11 is 0. The average Bonchev–Trinajstić information content (AvgIpc) is 2.37. The molecule has 0 unspecified atom stereocenters. The number of halogens is 3. The lowest BCUT2D eigenvalue weighted by Crippen LogP contribution is -2.59. The van der Waals surface area contributed by atoms with Crippen LogP contribution in [0.25, 0.3) is 5.57 Å². The van der Waals surface area contributed by atoms with Crippen LogP contribution in [0.3, 0.4) is 0 Å². The summed E-state index contributed by atoms with van der Waals surface area (Å²) in [5.41, 5.74) is -1.37. The summed E-state index contributed by atoms with van der Waals surface area (Å²) in [6.07, 6.45) is -1.99. The quantitative estimate of drug-likeness (QED) is 0.896. The molecule has 0 fully saturated rings. The smallest absolute Gasteiger partial charge is 0.216 e. The first-order valence-electron chi connectivity index (χ1n) is 5.96. The Labute approximate surface area is 120 Å². The molecule has 1 aliphatic rings. The van der Waals surface area contributed by atoms with Crippen molar-refractivity contribution in [3.05, 3.63) is 54.1 Å². The second-order valence-electron chi connectivity index (χ2n) is 4.68. The van der Waals surface area contributed by atoms with E-state index in [4.69, 9.17) is 5.14 Å². The first-order valence-corrected chi connectivity index (χ1v) is 7.51. The molecule has 21 heavy (non-hydrogen) atoms. The van der Waals surface area contributed by atoms with Crippen molar-refractivity contribution in [3.63, 3.8) is 0 Å². The molecule has 1 atom stereocenters. The van der Waals surface area contributed by atoms with E-state index in [9.17, 15) is 21.6 Å². The molecule has 0 amide bonds. The summed E-state index contributed by atoms with van der Waals surface area (Å²) in [5, 5.41) is 4.70. The zero-order chi connectivity index (χ0) is 15.7. The van der Waals surface area contributed by atoms with E-state index in [1.807, 2.05) is 0 Å². The van der Waals surface area contributed by atoms with Crippen molar-refractivity contribution in [3.8, 4) is 0 Å². The highest BCUT2D eigenvalue weighted by Gasteiger charge is 2.54. The summed E-state index contributed by atoms with van der Waals surface area (Å²) in [5.74, 6) is 0.